The Hall–Kier alpha value is -3.52. The second-order valence-corrected chi connectivity index (χ2v) is 7.77. The summed E-state index contributed by atoms with van der Waals surface area (Å²) in [4.78, 5) is 26.7. The van der Waals surface area contributed by atoms with Gasteiger partial charge in [-0.2, -0.15) is 0 Å². The number of carbonyl (C=O) groups is 2. The van der Waals surface area contributed by atoms with E-state index in [1.807, 2.05) is 44.2 Å². The normalized spacial score (nSPS) is 13.4. The standard InChI is InChI=1S/C23H26N4O4/c1-26(2)19(17-13-27(3)18-7-5-4-6-16(17)18)12-25-23(29)22(28)24-11-15-8-9-20-21(10-15)31-14-30-20/h4-10,13,19H,11-12,14H2,1-3H3,(H,24,28)(H,25,29)/t19-/m0/s1. The average Bonchev–Trinajstić information content (AvgIpc) is 3.36. The molecule has 8 nitrogen and oxygen atoms in total. The van der Waals surface area contributed by atoms with Crippen LogP contribution < -0.4 is 20.1 Å². The van der Waals surface area contributed by atoms with Gasteiger partial charge in [-0.25, -0.2) is 0 Å². The molecular weight excluding hydrogens is 396 g/mol. The van der Waals surface area contributed by atoms with Gasteiger partial charge in [-0.15, -0.1) is 0 Å². The molecule has 162 valence electrons. The number of ether oxygens (including phenoxy) is 2. The number of carbonyl (C=O) groups excluding carboxylic acids is 2. The van der Waals surface area contributed by atoms with E-state index in [1.165, 1.54) is 0 Å². The molecule has 1 aliphatic rings. The minimum absolute atomic E-state index is 0.0725. The maximum atomic E-state index is 12.4. The number of hydrogen-bond acceptors (Lipinski definition) is 5. The number of fused-ring (bicyclic) bond motifs is 2. The molecule has 1 atom stereocenters. The van der Waals surface area contributed by atoms with Crippen molar-refractivity contribution >= 4 is 22.7 Å². The highest BCUT2D eigenvalue weighted by atomic mass is 16.7. The summed E-state index contributed by atoms with van der Waals surface area (Å²) >= 11 is 0. The van der Waals surface area contributed by atoms with E-state index in [0.29, 0.717) is 18.0 Å². The van der Waals surface area contributed by atoms with E-state index < -0.39 is 11.8 Å². The lowest BCUT2D eigenvalue weighted by atomic mass is 10.0. The first kappa shape index (κ1) is 20.7. The Kier molecular flexibility index (Phi) is 5.81. The number of nitrogens with zero attached hydrogens (tertiary/aromatic N) is 2. The van der Waals surface area contributed by atoms with Crippen LogP contribution in [0, 0.1) is 0 Å². The number of amides is 2. The highest BCUT2D eigenvalue weighted by molar-refractivity contribution is 6.35. The third-order valence-corrected chi connectivity index (χ3v) is 5.46. The zero-order valence-electron chi connectivity index (χ0n) is 17.8. The minimum Gasteiger partial charge on any atom is -0.454 e. The molecule has 0 fully saturated rings. The van der Waals surface area contributed by atoms with Crippen LogP contribution in [-0.4, -0.2) is 48.7 Å². The van der Waals surface area contributed by atoms with Crippen LogP contribution in [0.1, 0.15) is 17.2 Å². The molecule has 4 rings (SSSR count). The molecule has 31 heavy (non-hydrogen) atoms. The fourth-order valence-electron chi connectivity index (χ4n) is 3.79. The molecule has 1 aliphatic heterocycles. The van der Waals surface area contributed by atoms with Gasteiger partial charge in [-0.05, 0) is 43.4 Å². The van der Waals surface area contributed by atoms with Gasteiger partial charge in [-0.3, -0.25) is 9.59 Å². The van der Waals surface area contributed by atoms with E-state index >= 15 is 0 Å². The number of rotatable bonds is 6. The molecule has 0 saturated carbocycles. The number of aryl methyl sites for hydroxylation is 1. The third kappa shape index (κ3) is 4.34. The molecule has 2 aromatic carbocycles. The first-order valence-electron chi connectivity index (χ1n) is 10.1. The predicted octanol–water partition coefficient (Wildman–Crippen LogP) is 1.94. The predicted molar refractivity (Wildman–Crippen MR) is 117 cm³/mol. The summed E-state index contributed by atoms with van der Waals surface area (Å²) in [7, 11) is 5.91. The van der Waals surface area contributed by atoms with Gasteiger partial charge in [0.15, 0.2) is 11.5 Å². The molecule has 0 aliphatic carbocycles. The second kappa shape index (κ2) is 8.69. The van der Waals surface area contributed by atoms with Crippen molar-refractivity contribution in [2.45, 2.75) is 12.6 Å². The van der Waals surface area contributed by atoms with Gasteiger partial charge in [0, 0.05) is 37.2 Å². The number of hydrogen-bond donors (Lipinski definition) is 2. The molecule has 0 saturated heterocycles. The Morgan fingerprint density at radius 2 is 1.81 bits per heavy atom. The van der Waals surface area contributed by atoms with Crippen LogP contribution in [0.25, 0.3) is 10.9 Å². The summed E-state index contributed by atoms with van der Waals surface area (Å²) in [5.41, 5.74) is 3.05. The monoisotopic (exact) mass is 422 g/mol. The SMILES string of the molecule is CN(C)[C@@H](CNC(=O)C(=O)NCc1ccc2c(c1)OCO2)c1cn(C)c2ccccc12. The van der Waals surface area contributed by atoms with Gasteiger partial charge in [0.1, 0.15) is 0 Å². The molecule has 0 radical (unpaired) electrons. The van der Waals surface area contributed by atoms with Crippen molar-refractivity contribution in [3.63, 3.8) is 0 Å². The van der Waals surface area contributed by atoms with Crippen LogP contribution in [-0.2, 0) is 23.2 Å². The molecule has 2 amide bonds. The van der Waals surface area contributed by atoms with Crippen molar-refractivity contribution < 1.29 is 19.1 Å². The Morgan fingerprint density at radius 1 is 1.06 bits per heavy atom. The van der Waals surface area contributed by atoms with Crippen LogP contribution in [0.15, 0.2) is 48.7 Å². The number of nitrogens with one attached hydrogen (secondary N) is 2. The van der Waals surface area contributed by atoms with Crippen molar-refractivity contribution in [3.8, 4) is 11.5 Å². The van der Waals surface area contributed by atoms with Crippen LogP contribution >= 0.6 is 0 Å². The Morgan fingerprint density at radius 3 is 2.61 bits per heavy atom. The van der Waals surface area contributed by atoms with Gasteiger partial charge in [0.25, 0.3) is 0 Å². The van der Waals surface area contributed by atoms with Crippen LogP contribution in [0.3, 0.4) is 0 Å². The molecule has 1 aromatic heterocycles. The van der Waals surface area contributed by atoms with Gasteiger partial charge in [0.2, 0.25) is 6.79 Å². The van der Waals surface area contributed by atoms with Crippen molar-refractivity contribution in [2.75, 3.05) is 27.4 Å². The first-order valence-corrected chi connectivity index (χ1v) is 10.1. The number of benzene rings is 2. The van der Waals surface area contributed by atoms with Crippen molar-refractivity contribution in [2.24, 2.45) is 7.05 Å². The van der Waals surface area contributed by atoms with Crippen LogP contribution in [0.4, 0.5) is 0 Å². The highest BCUT2D eigenvalue weighted by Gasteiger charge is 2.22. The molecule has 2 heterocycles. The topological polar surface area (TPSA) is 84.8 Å². The molecule has 8 heteroatoms. The smallest absolute Gasteiger partial charge is 0.309 e. The quantitative estimate of drug-likeness (QED) is 0.593. The lowest BCUT2D eigenvalue weighted by Gasteiger charge is -2.24. The van der Waals surface area contributed by atoms with Gasteiger partial charge in [0.05, 0.1) is 6.04 Å². The lowest BCUT2D eigenvalue weighted by Crippen LogP contribution is -2.42. The molecular formula is C23H26N4O4. The largest absolute Gasteiger partial charge is 0.454 e. The van der Waals surface area contributed by atoms with E-state index in [2.05, 4.69) is 33.5 Å². The van der Waals surface area contributed by atoms with Gasteiger partial charge >= 0.3 is 11.8 Å². The molecule has 3 aromatic rings. The summed E-state index contributed by atoms with van der Waals surface area (Å²) in [6.07, 6.45) is 2.07. The number of likely N-dealkylation sites (N-methyl/N-ethyl adjacent to an activating group) is 1. The van der Waals surface area contributed by atoms with Crippen LogP contribution in [0.5, 0.6) is 11.5 Å². The Labute approximate surface area is 180 Å². The zero-order chi connectivity index (χ0) is 22.0. The average molecular weight is 422 g/mol. The third-order valence-electron chi connectivity index (χ3n) is 5.46. The molecule has 0 unspecified atom stereocenters. The van der Waals surface area contributed by atoms with Crippen LogP contribution in [0.2, 0.25) is 0 Å². The molecule has 0 spiro atoms. The first-order chi connectivity index (χ1) is 14.9. The highest BCUT2D eigenvalue weighted by Crippen LogP contribution is 2.32. The van der Waals surface area contributed by atoms with E-state index in [9.17, 15) is 9.59 Å². The minimum atomic E-state index is -0.673. The Bertz CT molecular complexity index is 1120. The maximum absolute atomic E-state index is 12.4. The zero-order valence-corrected chi connectivity index (χ0v) is 17.8. The summed E-state index contributed by atoms with van der Waals surface area (Å²) in [6.45, 7) is 0.734. The summed E-state index contributed by atoms with van der Waals surface area (Å²) in [5.74, 6) is -0.0166. The molecule has 0 bridgehead atoms. The maximum Gasteiger partial charge on any atom is 0.309 e. The van der Waals surface area contributed by atoms with E-state index in [1.54, 1.807) is 12.1 Å². The van der Waals surface area contributed by atoms with Crippen molar-refractivity contribution in [1.82, 2.24) is 20.1 Å². The second-order valence-electron chi connectivity index (χ2n) is 7.77. The van der Waals surface area contributed by atoms with Crippen molar-refractivity contribution in [3.05, 3.63) is 59.8 Å². The van der Waals surface area contributed by atoms with E-state index in [4.69, 9.17) is 9.47 Å². The lowest BCUT2D eigenvalue weighted by molar-refractivity contribution is -0.139. The number of para-hydroxylation sites is 1. The summed E-state index contributed by atoms with van der Waals surface area (Å²) in [5, 5.41) is 6.55. The summed E-state index contributed by atoms with van der Waals surface area (Å²) in [6, 6.07) is 13.5. The number of aromatic nitrogens is 1. The van der Waals surface area contributed by atoms with Crippen molar-refractivity contribution in [1.29, 1.82) is 0 Å². The fraction of sp³-hybridized carbons (Fsp3) is 0.304. The molecule has 2 N–H and O–H groups in total. The summed E-state index contributed by atoms with van der Waals surface area (Å²) < 4.78 is 12.7. The fourth-order valence-corrected chi connectivity index (χ4v) is 3.79. The van der Waals surface area contributed by atoms with Gasteiger partial charge in [-0.1, -0.05) is 24.3 Å². The van der Waals surface area contributed by atoms with Gasteiger partial charge < -0.3 is 29.6 Å². The van der Waals surface area contributed by atoms with E-state index in [-0.39, 0.29) is 19.4 Å². The Balaban J connectivity index is 1.37. The van der Waals surface area contributed by atoms with E-state index in [0.717, 1.165) is 22.0 Å².